The number of piperidine rings is 2. The third-order valence-corrected chi connectivity index (χ3v) is 13.6. The van der Waals surface area contributed by atoms with Crippen molar-refractivity contribution < 1.29 is 19.5 Å². The zero-order valence-electron chi connectivity index (χ0n) is 33.2. The fourth-order valence-corrected chi connectivity index (χ4v) is 10.1. The van der Waals surface area contributed by atoms with E-state index in [1.165, 1.54) is 70.5 Å². The van der Waals surface area contributed by atoms with Crippen LogP contribution >= 0.6 is 0 Å². The van der Waals surface area contributed by atoms with Crippen molar-refractivity contribution >= 4 is 40.2 Å². The Balaban J connectivity index is 0.754. The summed E-state index contributed by atoms with van der Waals surface area (Å²) in [5, 5.41) is 12.8. The minimum Gasteiger partial charge on any atom is -0.508 e. The number of benzene rings is 3. The molecule has 0 spiro atoms. The molecule has 58 heavy (non-hydrogen) atoms. The normalized spacial score (nSPS) is 21.9. The van der Waals surface area contributed by atoms with Crippen LogP contribution in [0, 0.1) is 5.92 Å². The van der Waals surface area contributed by atoms with E-state index in [4.69, 9.17) is 4.98 Å². The summed E-state index contributed by atoms with van der Waals surface area (Å²) in [6, 6.07) is 25.1. The standard InChI is InChI=1S/C48H52N6O4/c55-39-12-14-41-34(27-39)2-1-3-40(35-8-15-43(49-28-35)32-4-5-32)46(41)33-6-9-37(10-7-33)52-20-18-31(19-21-52)29-51-22-24-53(25-23-51)38-11-13-42-36(26-38)30-54(48(42)58)44-16-17-45(56)50-47(44)57/h6-15,26-28,31-32,44,55H,1-5,16-25,29-30H2,(H,50,56,57)/t44-/m0/s1. The first-order valence-electron chi connectivity index (χ1n) is 21.5. The number of phenols is 1. The Morgan fingerprint density at radius 2 is 1.43 bits per heavy atom. The largest absolute Gasteiger partial charge is 0.508 e. The van der Waals surface area contributed by atoms with Crippen molar-refractivity contribution in [3.8, 4) is 5.75 Å². The van der Waals surface area contributed by atoms with Crippen LogP contribution in [0.3, 0.4) is 0 Å². The Labute approximate surface area is 340 Å². The Bertz CT molecular complexity index is 2270. The first-order valence-corrected chi connectivity index (χ1v) is 21.5. The minimum absolute atomic E-state index is 0.123. The average Bonchev–Trinajstić information content (AvgIpc) is 4.07. The quantitative estimate of drug-likeness (QED) is 0.189. The van der Waals surface area contributed by atoms with Gasteiger partial charge < -0.3 is 19.8 Å². The van der Waals surface area contributed by atoms with Gasteiger partial charge in [-0.1, -0.05) is 24.3 Å². The third-order valence-electron chi connectivity index (χ3n) is 13.6. The predicted molar refractivity (Wildman–Crippen MR) is 226 cm³/mol. The fraction of sp³-hybridized carbons (Fsp3) is 0.417. The van der Waals surface area contributed by atoms with Gasteiger partial charge in [0, 0.05) is 93.5 Å². The van der Waals surface area contributed by atoms with Crippen LogP contribution in [0.15, 0.2) is 79.0 Å². The molecule has 0 radical (unpaired) electrons. The molecule has 6 aliphatic rings. The Kier molecular flexibility index (Phi) is 9.76. The highest BCUT2D eigenvalue weighted by molar-refractivity contribution is 6.05. The third kappa shape index (κ3) is 7.27. The van der Waals surface area contributed by atoms with Gasteiger partial charge in [0.1, 0.15) is 11.8 Å². The Morgan fingerprint density at radius 1 is 0.690 bits per heavy atom. The molecular formula is C48H52N6O4. The molecule has 10 rings (SSSR count). The lowest BCUT2D eigenvalue weighted by Crippen LogP contribution is -2.52. The average molecular weight is 777 g/mol. The number of aryl methyl sites for hydroxylation is 1. The van der Waals surface area contributed by atoms with Crippen LogP contribution in [-0.2, 0) is 22.6 Å². The molecule has 5 heterocycles. The molecule has 3 amide bonds. The number of hydrogen-bond acceptors (Lipinski definition) is 8. The van der Waals surface area contributed by atoms with E-state index in [2.05, 4.69) is 74.7 Å². The van der Waals surface area contributed by atoms with Gasteiger partial charge in [-0.05, 0) is 145 Å². The summed E-state index contributed by atoms with van der Waals surface area (Å²) in [5.41, 5.74) is 12.7. The molecule has 3 saturated heterocycles. The molecule has 1 aromatic heterocycles. The lowest BCUT2D eigenvalue weighted by molar-refractivity contribution is -0.136. The van der Waals surface area contributed by atoms with Crippen molar-refractivity contribution in [1.82, 2.24) is 20.1 Å². The summed E-state index contributed by atoms with van der Waals surface area (Å²) < 4.78 is 0. The predicted octanol–water partition coefficient (Wildman–Crippen LogP) is 6.76. The summed E-state index contributed by atoms with van der Waals surface area (Å²) in [7, 11) is 0. The maximum absolute atomic E-state index is 13.2. The van der Waals surface area contributed by atoms with E-state index in [1.807, 2.05) is 24.3 Å². The highest BCUT2D eigenvalue weighted by atomic mass is 16.3. The number of imide groups is 1. The number of nitrogens with one attached hydrogen (secondary N) is 1. The number of aromatic hydroxyl groups is 1. The number of fused-ring (bicyclic) bond motifs is 2. The number of anilines is 2. The van der Waals surface area contributed by atoms with Crippen molar-refractivity contribution in [1.29, 1.82) is 0 Å². The summed E-state index contributed by atoms with van der Waals surface area (Å²) >= 11 is 0. The molecule has 4 fully saturated rings. The van der Waals surface area contributed by atoms with Crippen LogP contribution < -0.4 is 15.1 Å². The van der Waals surface area contributed by atoms with E-state index in [0.717, 1.165) is 76.3 Å². The van der Waals surface area contributed by atoms with Gasteiger partial charge in [0.2, 0.25) is 11.8 Å². The second kappa shape index (κ2) is 15.4. The zero-order chi connectivity index (χ0) is 39.3. The van der Waals surface area contributed by atoms with Gasteiger partial charge in [-0.3, -0.25) is 29.6 Å². The maximum Gasteiger partial charge on any atom is 0.255 e. The molecular weight excluding hydrogens is 725 g/mol. The molecule has 0 bridgehead atoms. The van der Waals surface area contributed by atoms with E-state index in [9.17, 15) is 19.5 Å². The van der Waals surface area contributed by atoms with Crippen molar-refractivity contribution in [2.75, 3.05) is 55.6 Å². The highest BCUT2D eigenvalue weighted by Gasteiger charge is 2.39. The van der Waals surface area contributed by atoms with E-state index >= 15 is 0 Å². The topological polar surface area (TPSA) is 109 Å². The number of phenolic OH excluding ortho intramolecular Hbond substituents is 1. The Morgan fingerprint density at radius 3 is 2.17 bits per heavy atom. The second-order valence-electron chi connectivity index (χ2n) is 17.3. The van der Waals surface area contributed by atoms with Gasteiger partial charge in [-0.2, -0.15) is 0 Å². The maximum atomic E-state index is 13.2. The number of piperazine rings is 1. The number of hydrogen-bond donors (Lipinski definition) is 2. The molecule has 298 valence electrons. The minimum atomic E-state index is -0.589. The number of carbonyl (C=O) groups is 3. The van der Waals surface area contributed by atoms with E-state index < -0.39 is 6.04 Å². The van der Waals surface area contributed by atoms with Gasteiger partial charge in [0.25, 0.3) is 5.91 Å². The first kappa shape index (κ1) is 36.8. The van der Waals surface area contributed by atoms with Crippen LogP contribution in [0.2, 0.25) is 0 Å². The second-order valence-corrected chi connectivity index (χ2v) is 17.3. The number of aromatic nitrogens is 1. The molecule has 4 aliphatic heterocycles. The summed E-state index contributed by atoms with van der Waals surface area (Å²) in [6.45, 7) is 7.57. The molecule has 10 nitrogen and oxygen atoms in total. The molecule has 2 N–H and O–H groups in total. The number of allylic oxidation sites excluding steroid dienone is 1. The number of carbonyl (C=O) groups excluding carboxylic acids is 3. The molecule has 3 aromatic carbocycles. The zero-order valence-corrected chi connectivity index (χ0v) is 33.2. The smallest absolute Gasteiger partial charge is 0.255 e. The van der Waals surface area contributed by atoms with Gasteiger partial charge in [-0.15, -0.1) is 0 Å². The van der Waals surface area contributed by atoms with Crippen LogP contribution in [0.25, 0.3) is 11.1 Å². The SMILES string of the molecule is O=C1CC[C@H](N2Cc3cc(N4CCN(CC5CCN(c6ccc(C7=C(c8ccc(C9CC9)nc8)CCCc8cc(O)ccc87)cc6)CC5)CC4)ccc3C2=O)C(=O)N1. The molecule has 4 aromatic rings. The lowest BCUT2D eigenvalue weighted by atomic mass is 9.88. The van der Waals surface area contributed by atoms with Crippen molar-refractivity contribution in [3.63, 3.8) is 0 Å². The number of nitrogens with zero attached hydrogens (tertiary/aromatic N) is 5. The van der Waals surface area contributed by atoms with Gasteiger partial charge >= 0.3 is 0 Å². The summed E-state index contributed by atoms with van der Waals surface area (Å²) in [4.78, 5) is 51.4. The van der Waals surface area contributed by atoms with Gasteiger partial charge in [0.15, 0.2) is 0 Å². The van der Waals surface area contributed by atoms with E-state index in [1.54, 1.807) is 4.90 Å². The molecule has 2 aliphatic carbocycles. The monoisotopic (exact) mass is 776 g/mol. The van der Waals surface area contributed by atoms with Crippen molar-refractivity contribution in [3.05, 3.63) is 118 Å². The van der Waals surface area contributed by atoms with Crippen molar-refractivity contribution in [2.24, 2.45) is 5.92 Å². The molecule has 0 unspecified atom stereocenters. The van der Waals surface area contributed by atoms with Crippen LogP contribution in [0.5, 0.6) is 5.75 Å². The first-order chi connectivity index (χ1) is 28.3. The van der Waals surface area contributed by atoms with E-state index in [0.29, 0.717) is 36.1 Å². The van der Waals surface area contributed by atoms with Crippen LogP contribution in [0.4, 0.5) is 11.4 Å². The van der Waals surface area contributed by atoms with E-state index in [-0.39, 0.29) is 24.1 Å². The number of pyridine rings is 1. The summed E-state index contributed by atoms with van der Waals surface area (Å²) in [5.74, 6) is 0.881. The fourth-order valence-electron chi connectivity index (χ4n) is 10.1. The van der Waals surface area contributed by atoms with Crippen LogP contribution in [0.1, 0.15) is 101 Å². The molecule has 10 heteroatoms. The van der Waals surface area contributed by atoms with Crippen LogP contribution in [-0.4, -0.2) is 89.5 Å². The summed E-state index contributed by atoms with van der Waals surface area (Å²) in [6.07, 6.45) is 10.5. The number of amides is 3. The van der Waals surface area contributed by atoms with Crippen molar-refractivity contribution in [2.45, 2.75) is 76.3 Å². The number of rotatable bonds is 8. The molecule has 1 atom stereocenters. The molecule has 1 saturated carbocycles. The van der Waals surface area contributed by atoms with Gasteiger partial charge in [-0.25, -0.2) is 0 Å². The van der Waals surface area contributed by atoms with Gasteiger partial charge in [0.05, 0.1) is 0 Å². The lowest BCUT2D eigenvalue weighted by Gasteiger charge is -2.40. The highest BCUT2D eigenvalue weighted by Crippen LogP contribution is 2.43. The Hall–Kier alpha value is -5.48.